The number of hydrogen-bond acceptors (Lipinski definition) is 3. The molecular formula is C17H19N3O3. The molecule has 0 radical (unpaired) electrons. The fourth-order valence-electron chi connectivity index (χ4n) is 3.10. The lowest BCUT2D eigenvalue weighted by Crippen LogP contribution is -2.49. The third kappa shape index (κ3) is 2.84. The summed E-state index contributed by atoms with van der Waals surface area (Å²) in [6.07, 6.45) is 1.41. The van der Waals surface area contributed by atoms with E-state index < -0.39 is 0 Å². The number of amides is 2. The first-order chi connectivity index (χ1) is 11.0. The van der Waals surface area contributed by atoms with E-state index in [9.17, 15) is 14.4 Å². The molecule has 0 unspecified atom stereocenters. The molecule has 1 saturated heterocycles. The Morgan fingerprint density at radius 3 is 2.74 bits per heavy atom. The van der Waals surface area contributed by atoms with E-state index in [0.717, 1.165) is 11.8 Å². The number of likely N-dealkylation sites (tertiary alicyclic amines) is 1. The van der Waals surface area contributed by atoms with Crippen molar-refractivity contribution in [2.45, 2.75) is 25.8 Å². The van der Waals surface area contributed by atoms with Gasteiger partial charge in [-0.25, -0.2) is 0 Å². The van der Waals surface area contributed by atoms with Crippen LogP contribution < -0.4 is 11.3 Å². The smallest absolute Gasteiger partial charge is 0.270 e. The normalized spacial score (nSPS) is 21.3. The second kappa shape index (κ2) is 5.87. The molecule has 23 heavy (non-hydrogen) atoms. The number of pyridine rings is 1. The predicted octanol–water partition coefficient (Wildman–Crippen LogP) is 1.25. The standard InChI is InChI=1S/C17H19N3O3/c1-10-6-7-12(15(18)21)9-20(10)17(23)14-8-11-4-2-3-5-13(11)16(22)19-14/h2-5,8,10,12H,6-7,9H2,1H3,(H2,18,21)(H,19,22)/t10-,12-/m0/s1. The lowest BCUT2D eigenvalue weighted by atomic mass is 9.92. The van der Waals surface area contributed by atoms with Crippen LogP contribution in [0.1, 0.15) is 30.3 Å². The SMILES string of the molecule is C[C@H]1CC[C@H](C(N)=O)CN1C(=O)c1cc2ccccc2c(=O)[nH]1. The first kappa shape index (κ1) is 15.3. The Morgan fingerprint density at radius 1 is 1.26 bits per heavy atom. The lowest BCUT2D eigenvalue weighted by Gasteiger charge is -2.36. The van der Waals surface area contributed by atoms with Gasteiger partial charge in [0.25, 0.3) is 11.5 Å². The predicted molar refractivity (Wildman–Crippen MR) is 87.0 cm³/mol. The molecule has 2 heterocycles. The number of rotatable bonds is 2. The fourth-order valence-corrected chi connectivity index (χ4v) is 3.10. The van der Waals surface area contributed by atoms with Crippen molar-refractivity contribution in [2.75, 3.05) is 6.54 Å². The number of carbonyl (C=O) groups is 2. The minimum Gasteiger partial charge on any atom is -0.369 e. The van der Waals surface area contributed by atoms with E-state index in [1.54, 1.807) is 29.2 Å². The average Bonchev–Trinajstić information content (AvgIpc) is 2.54. The third-order valence-electron chi connectivity index (χ3n) is 4.53. The Kier molecular flexibility index (Phi) is 3.90. The van der Waals surface area contributed by atoms with Crippen molar-refractivity contribution in [3.05, 3.63) is 46.4 Å². The Hall–Kier alpha value is -2.63. The van der Waals surface area contributed by atoms with Crippen LogP contribution in [0.2, 0.25) is 0 Å². The van der Waals surface area contributed by atoms with Gasteiger partial charge in [-0.3, -0.25) is 14.4 Å². The van der Waals surface area contributed by atoms with Crippen molar-refractivity contribution in [3.8, 4) is 0 Å². The number of nitrogens with two attached hydrogens (primary N) is 1. The zero-order valence-electron chi connectivity index (χ0n) is 12.9. The lowest BCUT2D eigenvalue weighted by molar-refractivity contribution is -0.123. The summed E-state index contributed by atoms with van der Waals surface area (Å²) in [6, 6.07) is 8.81. The highest BCUT2D eigenvalue weighted by atomic mass is 16.2. The first-order valence-corrected chi connectivity index (χ1v) is 7.69. The molecule has 1 fully saturated rings. The van der Waals surface area contributed by atoms with Gasteiger partial charge in [-0.2, -0.15) is 0 Å². The van der Waals surface area contributed by atoms with Gasteiger partial charge in [0.15, 0.2) is 0 Å². The number of piperidine rings is 1. The van der Waals surface area contributed by atoms with Gasteiger partial charge in [0.2, 0.25) is 5.91 Å². The number of nitrogens with zero attached hydrogens (tertiary/aromatic N) is 1. The number of aromatic nitrogens is 1. The van der Waals surface area contributed by atoms with E-state index in [2.05, 4.69) is 4.98 Å². The van der Waals surface area contributed by atoms with Crippen molar-refractivity contribution in [2.24, 2.45) is 11.7 Å². The number of benzene rings is 1. The molecule has 0 saturated carbocycles. The van der Waals surface area contributed by atoms with E-state index in [4.69, 9.17) is 5.73 Å². The molecule has 1 aliphatic heterocycles. The Bertz CT molecular complexity index is 827. The minimum atomic E-state index is -0.387. The molecule has 0 aliphatic carbocycles. The first-order valence-electron chi connectivity index (χ1n) is 7.69. The van der Waals surface area contributed by atoms with Gasteiger partial charge in [0.1, 0.15) is 5.69 Å². The summed E-state index contributed by atoms with van der Waals surface area (Å²) in [5, 5.41) is 1.27. The van der Waals surface area contributed by atoms with Crippen LogP contribution in [0.3, 0.4) is 0 Å². The highest BCUT2D eigenvalue weighted by Crippen LogP contribution is 2.23. The molecule has 6 heteroatoms. The minimum absolute atomic E-state index is 0.00747. The second-order valence-electron chi connectivity index (χ2n) is 6.08. The summed E-state index contributed by atoms with van der Waals surface area (Å²) in [7, 11) is 0. The van der Waals surface area contributed by atoms with Crippen molar-refractivity contribution in [3.63, 3.8) is 0 Å². The largest absolute Gasteiger partial charge is 0.369 e. The van der Waals surface area contributed by atoms with E-state index in [1.807, 2.05) is 13.0 Å². The van der Waals surface area contributed by atoms with E-state index in [0.29, 0.717) is 18.4 Å². The number of hydrogen-bond donors (Lipinski definition) is 2. The molecule has 0 bridgehead atoms. The van der Waals surface area contributed by atoms with Crippen molar-refractivity contribution in [1.82, 2.24) is 9.88 Å². The molecule has 3 rings (SSSR count). The second-order valence-corrected chi connectivity index (χ2v) is 6.08. The van der Waals surface area contributed by atoms with E-state index >= 15 is 0 Å². The fraction of sp³-hybridized carbons (Fsp3) is 0.353. The van der Waals surface area contributed by atoms with Crippen LogP contribution in [-0.2, 0) is 4.79 Å². The third-order valence-corrected chi connectivity index (χ3v) is 4.53. The number of fused-ring (bicyclic) bond motifs is 1. The number of carbonyl (C=O) groups excluding carboxylic acids is 2. The van der Waals surface area contributed by atoms with E-state index in [1.165, 1.54) is 0 Å². The number of aromatic amines is 1. The molecule has 2 aromatic rings. The highest BCUT2D eigenvalue weighted by molar-refractivity contribution is 5.96. The van der Waals surface area contributed by atoms with Crippen LogP contribution >= 0.6 is 0 Å². The maximum atomic E-state index is 12.8. The summed E-state index contributed by atoms with van der Waals surface area (Å²) >= 11 is 0. The molecule has 1 aromatic carbocycles. The summed E-state index contributed by atoms with van der Waals surface area (Å²) < 4.78 is 0. The van der Waals surface area contributed by atoms with Crippen molar-refractivity contribution >= 4 is 22.6 Å². The quantitative estimate of drug-likeness (QED) is 0.873. The van der Waals surface area contributed by atoms with Crippen LogP contribution in [-0.4, -0.2) is 34.3 Å². The van der Waals surface area contributed by atoms with Crippen LogP contribution in [0, 0.1) is 5.92 Å². The summed E-state index contributed by atoms with van der Waals surface area (Å²) in [6.45, 7) is 2.23. The van der Waals surface area contributed by atoms with Crippen molar-refractivity contribution in [1.29, 1.82) is 0 Å². The van der Waals surface area contributed by atoms with Gasteiger partial charge in [0.05, 0.1) is 5.92 Å². The highest BCUT2D eigenvalue weighted by Gasteiger charge is 2.32. The van der Waals surface area contributed by atoms with Gasteiger partial charge in [-0.15, -0.1) is 0 Å². The zero-order valence-corrected chi connectivity index (χ0v) is 12.9. The van der Waals surface area contributed by atoms with Crippen LogP contribution in [0.15, 0.2) is 35.1 Å². The molecule has 3 N–H and O–H groups in total. The number of nitrogens with one attached hydrogen (secondary N) is 1. The van der Waals surface area contributed by atoms with Gasteiger partial charge >= 0.3 is 0 Å². The van der Waals surface area contributed by atoms with Crippen LogP contribution in [0.25, 0.3) is 10.8 Å². The Balaban J connectivity index is 1.96. The van der Waals surface area contributed by atoms with Gasteiger partial charge < -0.3 is 15.6 Å². The van der Waals surface area contributed by atoms with Gasteiger partial charge in [-0.05, 0) is 37.3 Å². The number of primary amides is 1. The van der Waals surface area contributed by atoms with Gasteiger partial charge in [0, 0.05) is 18.0 Å². The summed E-state index contributed by atoms with van der Waals surface area (Å²) in [5.74, 6) is -0.990. The van der Waals surface area contributed by atoms with Gasteiger partial charge in [-0.1, -0.05) is 18.2 Å². The molecule has 2 atom stereocenters. The number of H-pyrrole nitrogens is 1. The van der Waals surface area contributed by atoms with Crippen molar-refractivity contribution < 1.29 is 9.59 Å². The van der Waals surface area contributed by atoms with Crippen LogP contribution in [0.5, 0.6) is 0 Å². The Labute approximate surface area is 133 Å². The molecular weight excluding hydrogens is 294 g/mol. The van der Waals surface area contributed by atoms with Crippen LogP contribution in [0.4, 0.5) is 0 Å². The zero-order chi connectivity index (χ0) is 16.6. The molecule has 6 nitrogen and oxygen atoms in total. The maximum absolute atomic E-state index is 12.8. The summed E-state index contributed by atoms with van der Waals surface area (Å²) in [4.78, 5) is 40.6. The Morgan fingerprint density at radius 2 is 2.00 bits per heavy atom. The molecule has 2 amide bonds. The van der Waals surface area contributed by atoms with E-state index in [-0.39, 0.29) is 35.0 Å². The average molecular weight is 313 g/mol. The monoisotopic (exact) mass is 313 g/mol. The summed E-state index contributed by atoms with van der Waals surface area (Å²) in [5.41, 5.74) is 5.33. The molecule has 120 valence electrons. The molecule has 1 aromatic heterocycles. The molecule has 0 spiro atoms. The topological polar surface area (TPSA) is 96.3 Å². The maximum Gasteiger partial charge on any atom is 0.270 e. The molecule has 1 aliphatic rings.